The zero-order valence-electron chi connectivity index (χ0n) is 14.1. The molecule has 0 aliphatic rings. The van der Waals surface area contributed by atoms with Crippen molar-refractivity contribution in [2.75, 3.05) is 5.32 Å². The summed E-state index contributed by atoms with van der Waals surface area (Å²) < 4.78 is 1.71. The molecular formula is C18H19N5OS. The van der Waals surface area contributed by atoms with Gasteiger partial charge >= 0.3 is 0 Å². The Balaban J connectivity index is 1.65. The van der Waals surface area contributed by atoms with Crippen LogP contribution in [0.15, 0.2) is 59.8 Å². The molecule has 1 N–H and O–H groups in total. The lowest BCUT2D eigenvalue weighted by Crippen LogP contribution is -2.23. The Morgan fingerprint density at radius 1 is 1.16 bits per heavy atom. The topological polar surface area (TPSA) is 72.7 Å². The Morgan fingerprint density at radius 2 is 1.88 bits per heavy atom. The van der Waals surface area contributed by atoms with Crippen LogP contribution in [-0.4, -0.2) is 31.4 Å². The predicted molar refractivity (Wildman–Crippen MR) is 98.5 cm³/mol. The minimum absolute atomic E-state index is 0.0754. The summed E-state index contributed by atoms with van der Waals surface area (Å²) in [6.07, 6.45) is 0. The first-order valence-electron chi connectivity index (χ1n) is 7.97. The molecule has 7 heteroatoms. The number of aromatic nitrogens is 4. The standard InChI is InChI=1S/C18H19N5OS/c1-13-8-6-7-11-16(13)19-17(24)14(2)25-18-20-21-22-23(18)12-15-9-4-3-5-10-15/h3-11,14H,12H2,1-2H3,(H,19,24)/t14-/m1/s1. The molecule has 1 heterocycles. The molecule has 25 heavy (non-hydrogen) atoms. The molecule has 3 rings (SSSR count). The highest BCUT2D eigenvalue weighted by molar-refractivity contribution is 8.00. The third-order valence-electron chi connectivity index (χ3n) is 3.73. The van der Waals surface area contributed by atoms with Crippen LogP contribution in [0.3, 0.4) is 0 Å². The molecule has 3 aromatic rings. The number of tetrazole rings is 1. The summed E-state index contributed by atoms with van der Waals surface area (Å²) in [5, 5.41) is 15.1. The summed E-state index contributed by atoms with van der Waals surface area (Å²) in [6.45, 7) is 4.38. The van der Waals surface area contributed by atoms with Gasteiger partial charge in [0.15, 0.2) is 0 Å². The number of nitrogens with one attached hydrogen (secondary N) is 1. The number of hydrogen-bond donors (Lipinski definition) is 1. The van der Waals surface area contributed by atoms with Crippen molar-refractivity contribution in [2.45, 2.75) is 30.8 Å². The molecule has 0 fully saturated rings. The number of thioether (sulfide) groups is 1. The average molecular weight is 353 g/mol. The largest absolute Gasteiger partial charge is 0.325 e. The van der Waals surface area contributed by atoms with Crippen molar-refractivity contribution in [1.82, 2.24) is 20.2 Å². The second kappa shape index (κ2) is 7.94. The van der Waals surface area contributed by atoms with Crippen molar-refractivity contribution in [3.63, 3.8) is 0 Å². The Kier molecular flexibility index (Phi) is 5.45. The summed E-state index contributed by atoms with van der Waals surface area (Å²) in [5.41, 5.74) is 2.96. The summed E-state index contributed by atoms with van der Waals surface area (Å²) in [7, 11) is 0. The number of nitrogens with zero attached hydrogens (tertiary/aromatic N) is 4. The van der Waals surface area contributed by atoms with E-state index in [0.717, 1.165) is 16.8 Å². The third-order valence-corrected chi connectivity index (χ3v) is 4.80. The fourth-order valence-electron chi connectivity index (χ4n) is 2.30. The van der Waals surface area contributed by atoms with Crippen LogP contribution in [0.25, 0.3) is 0 Å². The summed E-state index contributed by atoms with van der Waals surface area (Å²) >= 11 is 1.34. The van der Waals surface area contributed by atoms with Crippen molar-refractivity contribution in [3.05, 3.63) is 65.7 Å². The van der Waals surface area contributed by atoms with Crippen LogP contribution < -0.4 is 5.32 Å². The number of anilines is 1. The van der Waals surface area contributed by atoms with E-state index in [-0.39, 0.29) is 11.2 Å². The van der Waals surface area contributed by atoms with Gasteiger partial charge in [0, 0.05) is 5.69 Å². The monoisotopic (exact) mass is 353 g/mol. The van der Waals surface area contributed by atoms with E-state index in [4.69, 9.17) is 0 Å². The molecule has 0 radical (unpaired) electrons. The van der Waals surface area contributed by atoms with Crippen LogP contribution in [0.4, 0.5) is 5.69 Å². The molecule has 1 amide bonds. The van der Waals surface area contributed by atoms with Crippen LogP contribution in [-0.2, 0) is 11.3 Å². The van der Waals surface area contributed by atoms with Gasteiger partial charge in [-0.1, -0.05) is 60.3 Å². The van der Waals surface area contributed by atoms with Crippen molar-refractivity contribution < 1.29 is 4.79 Å². The van der Waals surface area contributed by atoms with E-state index in [1.165, 1.54) is 11.8 Å². The van der Waals surface area contributed by atoms with E-state index in [1.807, 2.05) is 68.4 Å². The van der Waals surface area contributed by atoms with Crippen LogP contribution in [0, 0.1) is 6.92 Å². The minimum Gasteiger partial charge on any atom is -0.325 e. The first-order valence-corrected chi connectivity index (χ1v) is 8.84. The van der Waals surface area contributed by atoms with Gasteiger partial charge in [0.1, 0.15) is 0 Å². The van der Waals surface area contributed by atoms with Gasteiger partial charge in [-0.05, 0) is 41.5 Å². The predicted octanol–water partition coefficient (Wildman–Crippen LogP) is 3.15. The molecule has 1 atom stereocenters. The Labute approximate surface area is 150 Å². The molecule has 0 spiro atoms. The van der Waals surface area contributed by atoms with Gasteiger partial charge < -0.3 is 5.32 Å². The molecule has 128 valence electrons. The third kappa shape index (κ3) is 4.45. The molecule has 6 nitrogen and oxygen atoms in total. The zero-order valence-corrected chi connectivity index (χ0v) is 14.9. The second-order valence-corrected chi connectivity index (χ2v) is 6.98. The van der Waals surface area contributed by atoms with Crippen LogP contribution in [0.5, 0.6) is 0 Å². The van der Waals surface area contributed by atoms with Gasteiger partial charge in [0.2, 0.25) is 11.1 Å². The van der Waals surface area contributed by atoms with Crippen LogP contribution >= 0.6 is 11.8 Å². The summed E-state index contributed by atoms with van der Waals surface area (Å²) in [5.74, 6) is -0.0754. The van der Waals surface area contributed by atoms with Crippen LogP contribution in [0.2, 0.25) is 0 Å². The van der Waals surface area contributed by atoms with E-state index in [9.17, 15) is 4.79 Å². The van der Waals surface area contributed by atoms with E-state index >= 15 is 0 Å². The van der Waals surface area contributed by atoms with E-state index in [1.54, 1.807) is 4.68 Å². The van der Waals surface area contributed by atoms with Gasteiger partial charge in [-0.3, -0.25) is 4.79 Å². The maximum atomic E-state index is 12.5. The van der Waals surface area contributed by atoms with E-state index in [0.29, 0.717) is 11.7 Å². The van der Waals surface area contributed by atoms with Crippen molar-refractivity contribution >= 4 is 23.4 Å². The molecule has 0 saturated heterocycles. The van der Waals surface area contributed by atoms with Gasteiger partial charge in [0.05, 0.1) is 11.8 Å². The lowest BCUT2D eigenvalue weighted by Gasteiger charge is -2.13. The Morgan fingerprint density at radius 3 is 2.64 bits per heavy atom. The van der Waals surface area contributed by atoms with E-state index in [2.05, 4.69) is 20.8 Å². The number of carbonyl (C=O) groups excluding carboxylic acids is 1. The smallest absolute Gasteiger partial charge is 0.237 e. The second-order valence-electron chi connectivity index (χ2n) is 5.67. The highest BCUT2D eigenvalue weighted by Gasteiger charge is 2.19. The fourth-order valence-corrected chi connectivity index (χ4v) is 3.08. The van der Waals surface area contributed by atoms with Gasteiger partial charge in [-0.25, -0.2) is 4.68 Å². The summed E-state index contributed by atoms with van der Waals surface area (Å²) in [4.78, 5) is 12.5. The lowest BCUT2D eigenvalue weighted by molar-refractivity contribution is -0.115. The van der Waals surface area contributed by atoms with Gasteiger partial charge in [0.25, 0.3) is 0 Å². The van der Waals surface area contributed by atoms with Crippen molar-refractivity contribution in [2.24, 2.45) is 0 Å². The highest BCUT2D eigenvalue weighted by atomic mass is 32.2. The first-order chi connectivity index (χ1) is 12.1. The quantitative estimate of drug-likeness (QED) is 0.689. The van der Waals surface area contributed by atoms with E-state index < -0.39 is 0 Å². The van der Waals surface area contributed by atoms with Crippen molar-refractivity contribution in [1.29, 1.82) is 0 Å². The number of carbonyl (C=O) groups is 1. The first kappa shape index (κ1) is 17.2. The zero-order chi connectivity index (χ0) is 17.6. The average Bonchev–Trinajstić information content (AvgIpc) is 3.04. The fraction of sp³-hybridized carbons (Fsp3) is 0.222. The number of benzene rings is 2. The lowest BCUT2D eigenvalue weighted by atomic mass is 10.2. The molecule has 0 bridgehead atoms. The normalized spacial score (nSPS) is 11.9. The highest BCUT2D eigenvalue weighted by Crippen LogP contribution is 2.23. The molecule has 0 aliphatic carbocycles. The molecule has 1 aromatic heterocycles. The number of amides is 1. The number of rotatable bonds is 6. The van der Waals surface area contributed by atoms with Crippen LogP contribution in [0.1, 0.15) is 18.1 Å². The molecule has 0 saturated carbocycles. The Bertz CT molecular complexity index is 849. The van der Waals surface area contributed by atoms with Crippen molar-refractivity contribution in [3.8, 4) is 0 Å². The maximum absolute atomic E-state index is 12.5. The number of para-hydroxylation sites is 1. The minimum atomic E-state index is -0.319. The number of aryl methyl sites for hydroxylation is 1. The molecule has 0 unspecified atom stereocenters. The molecular weight excluding hydrogens is 334 g/mol. The molecule has 0 aliphatic heterocycles. The summed E-state index contributed by atoms with van der Waals surface area (Å²) in [6, 6.07) is 17.7. The SMILES string of the molecule is Cc1ccccc1NC(=O)[C@@H](C)Sc1nnnn1Cc1ccccc1. The molecule has 2 aromatic carbocycles. The Hall–Kier alpha value is -2.67. The number of hydrogen-bond acceptors (Lipinski definition) is 5. The van der Waals surface area contributed by atoms with Gasteiger partial charge in [-0.15, -0.1) is 5.10 Å². The maximum Gasteiger partial charge on any atom is 0.237 e. The van der Waals surface area contributed by atoms with Gasteiger partial charge in [-0.2, -0.15) is 0 Å².